The zero-order valence-corrected chi connectivity index (χ0v) is 10.5. The molecular weight excluding hydrogens is 236 g/mol. The first-order valence-corrected chi connectivity index (χ1v) is 5.71. The lowest BCUT2D eigenvalue weighted by molar-refractivity contribution is -0.384. The van der Waals surface area contributed by atoms with E-state index in [0.29, 0.717) is 18.7 Å². The van der Waals surface area contributed by atoms with E-state index in [1.807, 2.05) is 0 Å². The lowest BCUT2D eigenvalue weighted by Gasteiger charge is -2.12. The van der Waals surface area contributed by atoms with Crippen molar-refractivity contribution >= 4 is 11.4 Å². The van der Waals surface area contributed by atoms with Gasteiger partial charge in [-0.15, -0.1) is 0 Å². The molecule has 0 bridgehead atoms. The van der Waals surface area contributed by atoms with Gasteiger partial charge in [-0.2, -0.15) is 0 Å². The number of nitrogens with one attached hydrogen (secondary N) is 1. The van der Waals surface area contributed by atoms with E-state index >= 15 is 0 Å². The van der Waals surface area contributed by atoms with Crippen LogP contribution in [-0.2, 0) is 4.74 Å². The Morgan fingerprint density at radius 2 is 2.28 bits per heavy atom. The number of hydrogen-bond acceptors (Lipinski definition) is 5. The van der Waals surface area contributed by atoms with Crippen LogP contribution in [0.3, 0.4) is 0 Å². The van der Waals surface area contributed by atoms with Crippen LogP contribution in [-0.4, -0.2) is 36.4 Å². The van der Waals surface area contributed by atoms with E-state index in [9.17, 15) is 15.2 Å². The molecule has 1 unspecified atom stereocenters. The Bertz CT molecular complexity index is 409. The number of nitro benzene ring substituents is 1. The topological polar surface area (TPSA) is 84.6 Å². The first kappa shape index (κ1) is 14.4. The molecule has 0 aliphatic carbocycles. The van der Waals surface area contributed by atoms with E-state index in [1.165, 1.54) is 13.2 Å². The second kappa shape index (κ2) is 6.93. The van der Waals surface area contributed by atoms with Gasteiger partial charge in [0.05, 0.1) is 17.6 Å². The lowest BCUT2D eigenvalue weighted by atomic mass is 10.1. The number of para-hydroxylation sites is 1. The summed E-state index contributed by atoms with van der Waals surface area (Å²) in [7, 11) is 1.52. The van der Waals surface area contributed by atoms with Crippen molar-refractivity contribution in [2.45, 2.75) is 19.4 Å². The van der Waals surface area contributed by atoms with E-state index < -0.39 is 11.0 Å². The molecule has 1 rings (SSSR count). The number of nitro groups is 1. The molecular formula is C12H18N2O4. The number of rotatable bonds is 7. The number of anilines is 1. The van der Waals surface area contributed by atoms with Crippen LogP contribution in [0.1, 0.15) is 12.0 Å². The molecule has 0 aliphatic heterocycles. The molecule has 0 heterocycles. The summed E-state index contributed by atoms with van der Waals surface area (Å²) in [5.41, 5.74) is 1.37. The molecule has 0 saturated carbocycles. The summed E-state index contributed by atoms with van der Waals surface area (Å²) in [6.07, 6.45) is -0.0927. The number of ether oxygens (including phenoxy) is 1. The van der Waals surface area contributed by atoms with Gasteiger partial charge in [-0.05, 0) is 18.9 Å². The third kappa shape index (κ3) is 3.97. The molecule has 6 heteroatoms. The highest BCUT2D eigenvalue weighted by molar-refractivity contribution is 5.65. The van der Waals surface area contributed by atoms with Gasteiger partial charge in [-0.25, -0.2) is 0 Å². The monoisotopic (exact) mass is 254 g/mol. The van der Waals surface area contributed by atoms with Crippen LogP contribution in [0.15, 0.2) is 18.2 Å². The Balaban J connectivity index is 2.64. The predicted molar refractivity (Wildman–Crippen MR) is 68.8 cm³/mol. The maximum Gasteiger partial charge on any atom is 0.292 e. The largest absolute Gasteiger partial charge is 0.391 e. The van der Waals surface area contributed by atoms with Gasteiger partial charge in [0, 0.05) is 19.7 Å². The number of aliphatic hydroxyl groups excluding tert-OH is 1. The highest BCUT2D eigenvalue weighted by Crippen LogP contribution is 2.27. The highest BCUT2D eigenvalue weighted by atomic mass is 16.6. The summed E-state index contributed by atoms with van der Waals surface area (Å²) in [4.78, 5) is 10.5. The van der Waals surface area contributed by atoms with Gasteiger partial charge in [0.1, 0.15) is 5.69 Å². The van der Waals surface area contributed by atoms with Crippen molar-refractivity contribution in [3.63, 3.8) is 0 Å². The molecule has 0 saturated heterocycles. The van der Waals surface area contributed by atoms with E-state index in [1.54, 1.807) is 19.1 Å². The molecule has 1 aromatic rings. The third-order valence-electron chi connectivity index (χ3n) is 2.59. The van der Waals surface area contributed by atoms with Gasteiger partial charge in [0.15, 0.2) is 0 Å². The fourth-order valence-electron chi connectivity index (χ4n) is 1.67. The number of nitrogens with zero attached hydrogens (tertiary/aromatic N) is 1. The van der Waals surface area contributed by atoms with Crippen molar-refractivity contribution < 1.29 is 14.8 Å². The van der Waals surface area contributed by atoms with Crippen molar-refractivity contribution in [3.05, 3.63) is 33.9 Å². The summed E-state index contributed by atoms with van der Waals surface area (Å²) >= 11 is 0. The second-order valence-corrected chi connectivity index (χ2v) is 4.05. The van der Waals surface area contributed by atoms with Crippen molar-refractivity contribution in [2.24, 2.45) is 0 Å². The molecule has 0 amide bonds. The second-order valence-electron chi connectivity index (χ2n) is 4.05. The number of aryl methyl sites for hydroxylation is 1. The van der Waals surface area contributed by atoms with Crippen LogP contribution < -0.4 is 5.32 Å². The van der Waals surface area contributed by atoms with Crippen molar-refractivity contribution in [1.82, 2.24) is 0 Å². The maximum atomic E-state index is 10.9. The minimum atomic E-state index is -0.564. The fourth-order valence-corrected chi connectivity index (χ4v) is 1.67. The van der Waals surface area contributed by atoms with Crippen LogP contribution in [0.25, 0.3) is 0 Å². The summed E-state index contributed by atoms with van der Waals surface area (Å²) < 4.78 is 4.81. The quantitative estimate of drug-likeness (QED) is 0.571. The Morgan fingerprint density at radius 1 is 1.56 bits per heavy atom. The van der Waals surface area contributed by atoms with Crippen LogP contribution in [0.4, 0.5) is 11.4 Å². The molecule has 2 N–H and O–H groups in total. The standard InChI is InChI=1S/C12H18N2O4/c1-9-4-3-5-11(14(16)17)12(9)13-7-6-10(15)8-18-2/h3-5,10,13,15H,6-8H2,1-2H3. The number of hydrogen-bond donors (Lipinski definition) is 2. The Kier molecular flexibility index (Phi) is 5.54. The number of benzene rings is 1. The summed E-state index contributed by atoms with van der Waals surface area (Å²) in [6.45, 7) is 2.52. The molecule has 6 nitrogen and oxygen atoms in total. The summed E-state index contributed by atoms with van der Waals surface area (Å²) in [5, 5.41) is 23.3. The smallest absolute Gasteiger partial charge is 0.292 e. The average Bonchev–Trinajstić information content (AvgIpc) is 2.31. The molecule has 100 valence electrons. The van der Waals surface area contributed by atoms with E-state index in [-0.39, 0.29) is 12.3 Å². The minimum Gasteiger partial charge on any atom is -0.391 e. The zero-order chi connectivity index (χ0) is 13.5. The molecule has 1 aromatic carbocycles. The van der Waals surface area contributed by atoms with Gasteiger partial charge in [0.25, 0.3) is 5.69 Å². The first-order valence-electron chi connectivity index (χ1n) is 5.71. The van der Waals surface area contributed by atoms with E-state index in [2.05, 4.69) is 5.32 Å². The summed E-state index contributed by atoms with van der Waals surface area (Å²) in [6, 6.07) is 4.92. The van der Waals surface area contributed by atoms with Gasteiger partial charge >= 0.3 is 0 Å². The highest BCUT2D eigenvalue weighted by Gasteiger charge is 2.15. The van der Waals surface area contributed by atoms with Gasteiger partial charge in [-0.3, -0.25) is 10.1 Å². The zero-order valence-electron chi connectivity index (χ0n) is 10.5. The first-order chi connectivity index (χ1) is 8.56. The molecule has 1 atom stereocenters. The molecule has 0 aromatic heterocycles. The van der Waals surface area contributed by atoms with Crippen LogP contribution in [0.5, 0.6) is 0 Å². The van der Waals surface area contributed by atoms with Crippen LogP contribution in [0, 0.1) is 17.0 Å². The molecule has 18 heavy (non-hydrogen) atoms. The van der Waals surface area contributed by atoms with Crippen LogP contribution in [0.2, 0.25) is 0 Å². The normalized spacial score (nSPS) is 12.2. The minimum absolute atomic E-state index is 0.0521. The van der Waals surface area contributed by atoms with E-state index in [4.69, 9.17) is 4.74 Å². The molecule has 0 spiro atoms. The summed E-state index contributed by atoms with van der Waals surface area (Å²) in [5.74, 6) is 0. The Hall–Kier alpha value is -1.66. The third-order valence-corrected chi connectivity index (χ3v) is 2.59. The van der Waals surface area contributed by atoms with Gasteiger partial charge < -0.3 is 15.2 Å². The van der Waals surface area contributed by atoms with Crippen LogP contribution >= 0.6 is 0 Å². The van der Waals surface area contributed by atoms with E-state index in [0.717, 1.165) is 5.56 Å². The lowest BCUT2D eigenvalue weighted by Crippen LogP contribution is -2.18. The predicted octanol–water partition coefficient (Wildman–Crippen LogP) is 1.71. The number of aliphatic hydroxyl groups is 1. The number of methoxy groups -OCH3 is 1. The molecule has 0 fully saturated rings. The van der Waals surface area contributed by atoms with Gasteiger partial charge in [-0.1, -0.05) is 12.1 Å². The SMILES string of the molecule is COCC(O)CCNc1c(C)cccc1[N+](=O)[O-]. The van der Waals surface area contributed by atoms with Gasteiger partial charge in [0.2, 0.25) is 0 Å². The van der Waals surface area contributed by atoms with Crippen molar-refractivity contribution in [3.8, 4) is 0 Å². The molecule has 0 aliphatic rings. The Labute approximate surface area is 106 Å². The molecule has 0 radical (unpaired) electrons. The Morgan fingerprint density at radius 3 is 2.89 bits per heavy atom. The van der Waals surface area contributed by atoms with Crippen molar-refractivity contribution in [2.75, 3.05) is 25.6 Å². The van der Waals surface area contributed by atoms with Crippen molar-refractivity contribution in [1.29, 1.82) is 0 Å². The average molecular weight is 254 g/mol. The fraction of sp³-hybridized carbons (Fsp3) is 0.500. The maximum absolute atomic E-state index is 10.9.